The lowest BCUT2D eigenvalue weighted by Crippen LogP contribution is -2.38. The maximum atomic E-state index is 12.9. The molecule has 2 amide bonds. The fourth-order valence-corrected chi connectivity index (χ4v) is 2.47. The van der Waals surface area contributed by atoms with Crippen molar-refractivity contribution in [1.82, 2.24) is 5.32 Å². The van der Waals surface area contributed by atoms with Crippen molar-refractivity contribution in [2.24, 2.45) is 5.41 Å². The number of nitrogens with zero attached hydrogens (tertiary/aromatic N) is 1. The number of nitrogens with one attached hydrogen (secondary N) is 2. The monoisotopic (exact) mass is 427 g/mol. The van der Waals surface area contributed by atoms with Crippen molar-refractivity contribution in [3.8, 4) is 11.5 Å². The van der Waals surface area contributed by atoms with E-state index in [1.165, 1.54) is 44.6 Å². The number of benzene rings is 2. The molecule has 2 aromatic rings. The Morgan fingerprint density at radius 2 is 1.71 bits per heavy atom. The van der Waals surface area contributed by atoms with E-state index in [1.807, 2.05) is 0 Å². The van der Waals surface area contributed by atoms with Crippen molar-refractivity contribution < 1.29 is 24.0 Å². The third-order valence-corrected chi connectivity index (χ3v) is 4.21. The van der Waals surface area contributed by atoms with Gasteiger partial charge in [0, 0.05) is 23.2 Å². The lowest BCUT2D eigenvalue weighted by molar-refractivity contribution is -0.384. The molecule has 0 aliphatic heterocycles. The number of anilines is 1. The average Bonchev–Trinajstić information content (AvgIpc) is 2.72. The lowest BCUT2D eigenvalue weighted by atomic mass is 9.95. The zero-order valence-electron chi connectivity index (χ0n) is 18.0. The van der Waals surface area contributed by atoms with E-state index in [-0.39, 0.29) is 23.0 Å². The molecular weight excluding hydrogens is 402 g/mol. The molecule has 0 radical (unpaired) electrons. The predicted octanol–water partition coefficient (Wildman–Crippen LogP) is 3.75. The summed E-state index contributed by atoms with van der Waals surface area (Å²) in [5.74, 6) is -0.0286. The first-order chi connectivity index (χ1) is 14.5. The number of carbonyl (C=O) groups is 2. The predicted molar refractivity (Wildman–Crippen MR) is 117 cm³/mol. The summed E-state index contributed by atoms with van der Waals surface area (Å²) < 4.78 is 10.5. The molecule has 0 bridgehead atoms. The highest BCUT2D eigenvalue weighted by Gasteiger charge is 2.24. The summed E-state index contributed by atoms with van der Waals surface area (Å²) in [4.78, 5) is 35.9. The molecule has 164 valence electrons. The van der Waals surface area contributed by atoms with Crippen molar-refractivity contribution in [3.05, 3.63) is 63.8 Å². The highest BCUT2D eigenvalue weighted by Crippen LogP contribution is 2.28. The number of nitro groups is 1. The summed E-state index contributed by atoms with van der Waals surface area (Å²) in [6.07, 6.45) is 1.48. The second-order valence-corrected chi connectivity index (χ2v) is 7.64. The first kappa shape index (κ1) is 23.4. The van der Waals surface area contributed by atoms with E-state index in [0.29, 0.717) is 17.1 Å². The standard InChI is InChI=1S/C22H25N3O6/c1-22(2,3)21(27)24-17(11-14-9-10-18(30-4)19(12-14)31-5)20(26)23-15-7-6-8-16(13-15)25(28)29/h6-13H,1-5H3,(H,23,26)(H,24,27)/b17-11+. The largest absolute Gasteiger partial charge is 0.493 e. The van der Waals surface area contributed by atoms with Gasteiger partial charge in [0.25, 0.3) is 11.6 Å². The fourth-order valence-electron chi connectivity index (χ4n) is 2.47. The van der Waals surface area contributed by atoms with Crippen molar-refractivity contribution >= 4 is 29.3 Å². The number of rotatable bonds is 7. The van der Waals surface area contributed by atoms with Crippen LogP contribution in [0.3, 0.4) is 0 Å². The Hall–Kier alpha value is -3.88. The van der Waals surface area contributed by atoms with E-state index >= 15 is 0 Å². The molecule has 0 heterocycles. The number of non-ortho nitro benzene ring substituents is 1. The number of nitro benzene ring substituents is 1. The molecule has 0 aromatic heterocycles. The molecule has 9 nitrogen and oxygen atoms in total. The highest BCUT2D eigenvalue weighted by molar-refractivity contribution is 6.09. The van der Waals surface area contributed by atoms with E-state index < -0.39 is 16.2 Å². The van der Waals surface area contributed by atoms with E-state index in [9.17, 15) is 19.7 Å². The summed E-state index contributed by atoms with van der Waals surface area (Å²) in [7, 11) is 3.00. The Bertz CT molecular complexity index is 1020. The minimum atomic E-state index is -0.748. The van der Waals surface area contributed by atoms with E-state index in [0.717, 1.165) is 0 Å². The van der Waals surface area contributed by atoms with Gasteiger partial charge >= 0.3 is 0 Å². The van der Waals surface area contributed by atoms with E-state index in [4.69, 9.17) is 9.47 Å². The summed E-state index contributed by atoms with van der Waals surface area (Å²) in [5.41, 5.74) is -0.137. The van der Waals surface area contributed by atoms with E-state index in [1.54, 1.807) is 39.0 Å². The Morgan fingerprint density at radius 1 is 1.03 bits per heavy atom. The summed E-state index contributed by atoms with van der Waals surface area (Å²) in [6.45, 7) is 5.15. The first-order valence-corrected chi connectivity index (χ1v) is 9.36. The van der Waals surface area contributed by atoms with Crippen LogP contribution in [0.4, 0.5) is 11.4 Å². The molecule has 0 unspecified atom stereocenters. The molecule has 0 aliphatic carbocycles. The van der Waals surface area contributed by atoms with Gasteiger partial charge in [-0.1, -0.05) is 32.9 Å². The molecule has 0 saturated carbocycles. The van der Waals surface area contributed by atoms with Crippen LogP contribution < -0.4 is 20.1 Å². The number of amides is 2. The molecule has 0 saturated heterocycles. The normalized spacial score (nSPS) is 11.5. The molecule has 0 aliphatic rings. The fraction of sp³-hybridized carbons (Fsp3) is 0.273. The van der Waals surface area contributed by atoms with Crippen molar-refractivity contribution in [2.45, 2.75) is 20.8 Å². The van der Waals surface area contributed by atoms with E-state index in [2.05, 4.69) is 10.6 Å². The van der Waals surface area contributed by atoms with Gasteiger partial charge in [-0.25, -0.2) is 0 Å². The van der Waals surface area contributed by atoms with Crippen LogP contribution >= 0.6 is 0 Å². The topological polar surface area (TPSA) is 120 Å². The molecule has 0 atom stereocenters. The minimum Gasteiger partial charge on any atom is -0.493 e. The number of hydrogen-bond acceptors (Lipinski definition) is 6. The summed E-state index contributed by atoms with van der Waals surface area (Å²) >= 11 is 0. The van der Waals surface area contributed by atoms with Crippen LogP contribution in [0.5, 0.6) is 11.5 Å². The van der Waals surface area contributed by atoms with Gasteiger partial charge in [-0.05, 0) is 29.8 Å². The van der Waals surface area contributed by atoms with Crippen LogP contribution in [0.15, 0.2) is 48.2 Å². The maximum Gasteiger partial charge on any atom is 0.272 e. The van der Waals surface area contributed by atoms with Crippen molar-refractivity contribution in [2.75, 3.05) is 19.5 Å². The van der Waals surface area contributed by atoms with Crippen molar-refractivity contribution in [3.63, 3.8) is 0 Å². The molecule has 2 N–H and O–H groups in total. The number of hydrogen-bond donors (Lipinski definition) is 2. The van der Waals surface area contributed by atoms with Gasteiger partial charge in [0.05, 0.1) is 19.1 Å². The zero-order chi connectivity index (χ0) is 23.2. The average molecular weight is 427 g/mol. The molecule has 9 heteroatoms. The Morgan fingerprint density at radius 3 is 2.29 bits per heavy atom. The number of methoxy groups -OCH3 is 2. The van der Waals surface area contributed by atoms with Gasteiger partial charge in [-0.2, -0.15) is 0 Å². The summed E-state index contributed by atoms with van der Waals surface area (Å²) in [6, 6.07) is 10.6. The third-order valence-electron chi connectivity index (χ3n) is 4.21. The van der Waals surface area contributed by atoms with Crippen LogP contribution in [0.25, 0.3) is 6.08 Å². The Balaban J connectivity index is 2.41. The van der Waals surface area contributed by atoms with Gasteiger partial charge < -0.3 is 20.1 Å². The summed E-state index contributed by atoms with van der Waals surface area (Å²) in [5, 5.41) is 16.2. The molecule has 31 heavy (non-hydrogen) atoms. The van der Waals surface area contributed by atoms with Gasteiger partial charge in [0.1, 0.15) is 5.70 Å². The maximum absolute atomic E-state index is 12.9. The number of carbonyl (C=O) groups excluding carboxylic acids is 2. The molecular formula is C22H25N3O6. The lowest BCUT2D eigenvalue weighted by Gasteiger charge is -2.19. The SMILES string of the molecule is COc1ccc(/C=C(/NC(=O)C(C)(C)C)C(=O)Nc2cccc([N+](=O)[O-])c2)cc1OC. The molecule has 2 aromatic carbocycles. The third kappa shape index (κ3) is 6.30. The van der Waals surface area contributed by atoms with Gasteiger partial charge in [-0.3, -0.25) is 19.7 Å². The van der Waals surface area contributed by atoms with Gasteiger partial charge in [-0.15, -0.1) is 0 Å². The minimum absolute atomic E-state index is 0.0290. The Labute approximate surface area is 180 Å². The first-order valence-electron chi connectivity index (χ1n) is 9.36. The molecule has 0 spiro atoms. The molecule has 2 rings (SSSR count). The second kappa shape index (κ2) is 9.75. The van der Waals surface area contributed by atoms with Gasteiger partial charge in [0.15, 0.2) is 11.5 Å². The van der Waals surface area contributed by atoms with Crippen LogP contribution in [0, 0.1) is 15.5 Å². The quantitative estimate of drug-likeness (QED) is 0.394. The van der Waals surface area contributed by atoms with Crippen LogP contribution in [-0.4, -0.2) is 31.0 Å². The second-order valence-electron chi connectivity index (χ2n) is 7.64. The van der Waals surface area contributed by atoms with Crippen LogP contribution in [0.1, 0.15) is 26.3 Å². The Kier molecular flexibility index (Phi) is 7.36. The zero-order valence-corrected chi connectivity index (χ0v) is 18.0. The van der Waals surface area contributed by atoms with Crippen LogP contribution in [-0.2, 0) is 9.59 Å². The van der Waals surface area contributed by atoms with Crippen molar-refractivity contribution in [1.29, 1.82) is 0 Å². The van der Waals surface area contributed by atoms with Gasteiger partial charge in [0.2, 0.25) is 5.91 Å². The smallest absolute Gasteiger partial charge is 0.272 e. The highest BCUT2D eigenvalue weighted by atomic mass is 16.6. The number of ether oxygens (including phenoxy) is 2. The van der Waals surface area contributed by atoms with Crippen LogP contribution in [0.2, 0.25) is 0 Å². The molecule has 0 fully saturated rings.